The van der Waals surface area contributed by atoms with Crippen LogP contribution in [-0.4, -0.2) is 98.2 Å². The molecule has 0 saturated heterocycles. The molecule has 16 nitrogen and oxygen atoms in total. The van der Waals surface area contributed by atoms with Crippen molar-refractivity contribution in [2.24, 2.45) is 11.8 Å². The van der Waals surface area contributed by atoms with Crippen LogP contribution in [0.25, 0.3) is 0 Å². The van der Waals surface area contributed by atoms with E-state index in [2.05, 4.69) is 224 Å². The molecule has 0 aliphatic rings. The predicted molar refractivity (Wildman–Crippen MR) is 329 cm³/mol. The molecule has 0 fully saturated rings. The summed E-state index contributed by atoms with van der Waals surface area (Å²) in [5, 5.41) is 14.9. The highest BCUT2D eigenvalue weighted by atomic mass is 16.7. The quantitative estimate of drug-likeness (QED) is 0.0213. The van der Waals surface area contributed by atoms with Crippen molar-refractivity contribution in [3.8, 4) is 0 Å². The minimum absolute atomic E-state index is 0.00962. The van der Waals surface area contributed by atoms with E-state index in [9.17, 15) is 19.2 Å². The summed E-state index contributed by atoms with van der Waals surface area (Å²) in [6, 6.07) is 42.6. The maximum atomic E-state index is 11.6. The number of nitrogens with one attached hydrogen (secondary N) is 4. The summed E-state index contributed by atoms with van der Waals surface area (Å²) in [6.07, 6.45) is 5.10. The topological polar surface area (TPSA) is 178 Å². The molecule has 0 spiro atoms. The molecule has 4 atom stereocenters. The Labute approximate surface area is 493 Å². The first-order chi connectivity index (χ1) is 39.1. The Bertz CT molecular complexity index is 2120. The van der Waals surface area contributed by atoms with Gasteiger partial charge in [-0.25, -0.2) is 19.2 Å². The van der Waals surface area contributed by atoms with Gasteiger partial charge in [0.05, 0.1) is 25.3 Å². The van der Waals surface area contributed by atoms with Gasteiger partial charge in [0.25, 0.3) is 0 Å². The van der Waals surface area contributed by atoms with Crippen molar-refractivity contribution in [1.29, 1.82) is 0 Å². The molecule has 4 aromatic rings. The number of ether oxygens (including phenoxy) is 4. The van der Waals surface area contributed by atoms with Crippen LogP contribution >= 0.6 is 0 Å². The molecule has 0 radical (unpaired) electrons. The Morgan fingerprint density at radius 2 is 0.622 bits per heavy atom. The summed E-state index contributed by atoms with van der Waals surface area (Å²) < 4.78 is 19.4. The van der Waals surface area contributed by atoms with E-state index in [4.69, 9.17) is 28.6 Å². The molecule has 0 aromatic heterocycles. The van der Waals surface area contributed by atoms with Crippen molar-refractivity contribution in [3.63, 3.8) is 0 Å². The zero-order valence-corrected chi connectivity index (χ0v) is 52.3. The van der Waals surface area contributed by atoms with Crippen LogP contribution in [0.15, 0.2) is 121 Å². The number of amides is 4. The molecule has 4 amide bonds. The lowest BCUT2D eigenvalue weighted by Crippen LogP contribution is -2.46. The van der Waals surface area contributed by atoms with Crippen molar-refractivity contribution in [2.45, 2.75) is 184 Å². The number of carbonyl (C=O) groups excluding carboxylic acids is 4. The predicted octanol–water partition coefficient (Wildman–Crippen LogP) is 15.4. The lowest BCUT2D eigenvalue weighted by atomic mass is 9.92. The first-order valence-corrected chi connectivity index (χ1v) is 29.8. The van der Waals surface area contributed by atoms with Gasteiger partial charge in [-0.05, 0) is 129 Å². The maximum absolute atomic E-state index is 11.6. The Morgan fingerprint density at radius 3 is 0.854 bits per heavy atom. The summed E-state index contributed by atoms with van der Waals surface area (Å²) in [7, 11) is 0. The van der Waals surface area contributed by atoms with E-state index in [1.54, 1.807) is 13.8 Å². The molecule has 4 unspecified atom stereocenters. The van der Waals surface area contributed by atoms with E-state index >= 15 is 0 Å². The van der Waals surface area contributed by atoms with Gasteiger partial charge in [-0.2, -0.15) is 10.1 Å². The highest BCUT2D eigenvalue weighted by Crippen LogP contribution is 2.38. The number of unbranched alkanes of at least 4 members (excludes halogenated alkanes) is 6. The average Bonchev–Trinajstić information content (AvgIpc) is 3.45. The standard InChI is InChI=1S/C22H42N4O8.2C22H31NO/c1-3-31-19(27)23-13-9-5-7-11-15-25-21(29)33-17-18-34-22(30)26-16-12-8-6-10-14-24-20(28)32-4-2;2*1-17(2)21(20-15-11-8-12-16-20)23(22(4,5)6)24-18(3)19-13-9-7-10-14-19/h3-18H2,1-2H3,(H,23,27)(H,24,28)(H,25,29)(H,26,30);2*7-18,21H,1-6H3. The van der Waals surface area contributed by atoms with Gasteiger partial charge < -0.3 is 40.2 Å². The second kappa shape index (κ2) is 40.9. The minimum Gasteiger partial charge on any atom is -0.450 e. The fourth-order valence-electron chi connectivity index (χ4n) is 8.78. The van der Waals surface area contributed by atoms with Gasteiger partial charge in [0.1, 0.15) is 25.4 Å². The number of carbonyl (C=O) groups is 4. The van der Waals surface area contributed by atoms with E-state index in [-0.39, 0.29) is 48.6 Å². The lowest BCUT2D eigenvalue weighted by molar-refractivity contribution is -0.272. The molecule has 0 heterocycles. The second-order valence-corrected chi connectivity index (χ2v) is 22.8. The van der Waals surface area contributed by atoms with Crippen molar-refractivity contribution in [2.75, 3.05) is 52.6 Å². The van der Waals surface area contributed by atoms with Crippen LogP contribution in [-0.2, 0) is 28.6 Å². The smallest absolute Gasteiger partial charge is 0.407 e. The molecule has 0 bridgehead atoms. The van der Waals surface area contributed by atoms with Gasteiger partial charge in [-0.15, -0.1) is 0 Å². The molecular weight excluding hydrogens is 1040 g/mol. The summed E-state index contributed by atoms with van der Waals surface area (Å²) in [6.45, 7) is 32.8. The molecule has 16 heteroatoms. The average molecular weight is 1140 g/mol. The van der Waals surface area contributed by atoms with Gasteiger partial charge in [0.2, 0.25) is 0 Å². The number of hydroxylamine groups is 4. The fourth-order valence-corrected chi connectivity index (χ4v) is 8.78. The van der Waals surface area contributed by atoms with Gasteiger partial charge in [0.15, 0.2) is 0 Å². The number of benzene rings is 4. The Balaban J connectivity index is 0.000000429. The Morgan fingerprint density at radius 1 is 0.378 bits per heavy atom. The van der Waals surface area contributed by atoms with E-state index in [0.29, 0.717) is 51.2 Å². The van der Waals surface area contributed by atoms with Crippen LogP contribution in [0.2, 0.25) is 0 Å². The molecule has 4 aromatic carbocycles. The molecule has 82 heavy (non-hydrogen) atoms. The molecule has 0 aliphatic carbocycles. The summed E-state index contributed by atoms with van der Waals surface area (Å²) in [4.78, 5) is 58.3. The summed E-state index contributed by atoms with van der Waals surface area (Å²) in [5.41, 5.74) is 4.77. The summed E-state index contributed by atoms with van der Waals surface area (Å²) >= 11 is 0. The fraction of sp³-hybridized carbons (Fsp3) is 0.576. The van der Waals surface area contributed by atoms with Crippen LogP contribution < -0.4 is 21.3 Å². The largest absolute Gasteiger partial charge is 0.450 e. The van der Waals surface area contributed by atoms with Crippen LogP contribution in [0, 0.1) is 11.8 Å². The molecule has 458 valence electrons. The number of rotatable bonds is 31. The van der Waals surface area contributed by atoms with Gasteiger partial charge in [0, 0.05) is 37.3 Å². The maximum Gasteiger partial charge on any atom is 0.407 e. The normalized spacial score (nSPS) is 12.9. The van der Waals surface area contributed by atoms with E-state index in [0.717, 1.165) is 51.4 Å². The lowest BCUT2D eigenvalue weighted by Gasteiger charge is -2.43. The van der Waals surface area contributed by atoms with Crippen LogP contribution in [0.5, 0.6) is 0 Å². The van der Waals surface area contributed by atoms with E-state index in [1.165, 1.54) is 22.3 Å². The van der Waals surface area contributed by atoms with Crippen molar-refractivity contribution >= 4 is 24.4 Å². The Hall–Kier alpha value is -6.20. The van der Waals surface area contributed by atoms with Gasteiger partial charge in [-0.3, -0.25) is 9.68 Å². The van der Waals surface area contributed by atoms with E-state index < -0.39 is 24.4 Å². The first kappa shape index (κ1) is 71.9. The monoisotopic (exact) mass is 1140 g/mol. The van der Waals surface area contributed by atoms with Crippen molar-refractivity contribution in [1.82, 2.24) is 31.4 Å². The van der Waals surface area contributed by atoms with Crippen LogP contribution in [0.4, 0.5) is 19.2 Å². The van der Waals surface area contributed by atoms with Crippen LogP contribution in [0.1, 0.15) is 195 Å². The molecule has 0 aliphatic heterocycles. The highest BCUT2D eigenvalue weighted by Gasteiger charge is 2.36. The SMILES string of the molecule is CC(ON(C(c1ccccc1)C(C)C)C(C)(C)C)c1ccccc1.CC(ON(C(c1ccccc1)C(C)C)C(C)(C)C)c1ccccc1.CCOC(=O)NCCCCCCNC(=O)OCCOC(=O)NCCCCCCNC(=O)OCC. The first-order valence-electron chi connectivity index (χ1n) is 29.8. The molecule has 4 rings (SSSR count). The number of hydrogen-bond acceptors (Lipinski definition) is 12. The zero-order valence-electron chi connectivity index (χ0n) is 52.3. The van der Waals surface area contributed by atoms with Crippen molar-refractivity contribution < 1.29 is 47.8 Å². The van der Waals surface area contributed by atoms with Gasteiger partial charge >= 0.3 is 24.4 Å². The third kappa shape index (κ3) is 30.7. The third-order valence-electron chi connectivity index (χ3n) is 12.8. The second-order valence-electron chi connectivity index (χ2n) is 22.8. The van der Waals surface area contributed by atoms with Gasteiger partial charge in [-0.1, -0.05) is 175 Å². The third-order valence-corrected chi connectivity index (χ3v) is 12.8. The minimum atomic E-state index is -0.551. The number of alkyl carbamates (subject to hydrolysis) is 4. The number of hydrogen-bond donors (Lipinski definition) is 4. The molecule has 4 N–H and O–H groups in total. The van der Waals surface area contributed by atoms with Crippen LogP contribution in [0.3, 0.4) is 0 Å². The summed E-state index contributed by atoms with van der Waals surface area (Å²) in [5.74, 6) is 0.879. The number of nitrogens with zero attached hydrogens (tertiary/aromatic N) is 2. The zero-order chi connectivity index (χ0) is 60.8. The molecule has 0 saturated carbocycles. The molecular formula is C66H104N6O10. The van der Waals surface area contributed by atoms with E-state index in [1.807, 2.05) is 12.1 Å². The highest BCUT2D eigenvalue weighted by molar-refractivity contribution is 5.68. The van der Waals surface area contributed by atoms with Crippen molar-refractivity contribution in [3.05, 3.63) is 144 Å². The Kier molecular flexibility index (Phi) is 35.9.